The molecule has 5 nitrogen and oxygen atoms in total. The van der Waals surface area contributed by atoms with Crippen molar-refractivity contribution in [3.8, 4) is 5.75 Å². The Morgan fingerprint density at radius 1 is 1.07 bits per heavy atom. The largest absolute Gasteiger partial charge is 0.449 e. The number of carbonyl (C=O) groups is 2. The minimum atomic E-state index is -2.89. The van der Waals surface area contributed by atoms with E-state index in [0.717, 1.165) is 19.3 Å². The summed E-state index contributed by atoms with van der Waals surface area (Å²) in [5.41, 5.74) is 3.82. The van der Waals surface area contributed by atoms with Crippen LogP contribution in [-0.2, 0) is 27.2 Å². The average Bonchev–Trinajstić information content (AvgIpc) is 3.14. The van der Waals surface area contributed by atoms with Crippen LogP contribution in [0.15, 0.2) is 48.5 Å². The Bertz CT molecular complexity index is 910. The van der Waals surface area contributed by atoms with E-state index >= 15 is 0 Å². The minimum Gasteiger partial charge on any atom is -0.449 e. The van der Waals surface area contributed by atoms with Crippen LogP contribution in [0.2, 0.25) is 0 Å². The van der Waals surface area contributed by atoms with Gasteiger partial charge in [0.05, 0.1) is 0 Å². The van der Waals surface area contributed by atoms with Crippen LogP contribution in [0.5, 0.6) is 5.75 Å². The topological polar surface area (TPSA) is 64.6 Å². The molecular weight excluding hydrogens is 380 g/mol. The van der Waals surface area contributed by atoms with Gasteiger partial charge in [-0.25, -0.2) is 4.79 Å². The number of amides is 1. The van der Waals surface area contributed by atoms with Gasteiger partial charge in [0.1, 0.15) is 5.75 Å². The molecule has 1 aliphatic rings. The molecule has 7 heteroatoms. The first-order valence-corrected chi connectivity index (χ1v) is 9.27. The SMILES string of the molecule is C[C@@H](OC(=O)/C=C/c1ccc(OC(F)F)cc1)C(=O)Nc1ccc2c(c1)CCC2. The van der Waals surface area contributed by atoms with Crippen LogP contribution in [0.3, 0.4) is 0 Å². The number of hydrogen-bond acceptors (Lipinski definition) is 4. The van der Waals surface area contributed by atoms with Crippen molar-refractivity contribution in [1.29, 1.82) is 0 Å². The van der Waals surface area contributed by atoms with Crippen LogP contribution >= 0.6 is 0 Å². The van der Waals surface area contributed by atoms with Gasteiger partial charge in [0.2, 0.25) is 0 Å². The number of esters is 1. The number of hydrogen-bond donors (Lipinski definition) is 1. The van der Waals surface area contributed by atoms with Gasteiger partial charge >= 0.3 is 12.6 Å². The van der Waals surface area contributed by atoms with Crippen molar-refractivity contribution in [2.45, 2.75) is 38.9 Å². The molecule has 0 aliphatic heterocycles. The second-order valence-electron chi connectivity index (χ2n) is 6.69. The number of ether oxygens (including phenoxy) is 2. The molecule has 0 fully saturated rings. The lowest BCUT2D eigenvalue weighted by Crippen LogP contribution is -2.29. The molecular formula is C22H21F2NO4. The van der Waals surface area contributed by atoms with E-state index in [1.165, 1.54) is 54.5 Å². The summed E-state index contributed by atoms with van der Waals surface area (Å²) in [6, 6.07) is 11.6. The molecule has 0 unspecified atom stereocenters. The molecule has 1 atom stereocenters. The third kappa shape index (κ3) is 5.88. The van der Waals surface area contributed by atoms with E-state index in [0.29, 0.717) is 11.3 Å². The first kappa shape index (κ1) is 20.5. The Morgan fingerprint density at radius 3 is 2.52 bits per heavy atom. The Kier molecular flexibility index (Phi) is 6.59. The van der Waals surface area contributed by atoms with Crippen molar-refractivity contribution in [3.63, 3.8) is 0 Å². The number of fused-ring (bicyclic) bond motifs is 1. The van der Waals surface area contributed by atoms with Crippen LogP contribution in [0.4, 0.5) is 14.5 Å². The Balaban J connectivity index is 1.50. The maximum atomic E-state index is 12.3. The molecule has 3 rings (SSSR count). The van der Waals surface area contributed by atoms with Crippen LogP contribution in [-0.4, -0.2) is 24.6 Å². The Hall–Kier alpha value is -3.22. The molecule has 0 radical (unpaired) electrons. The summed E-state index contributed by atoms with van der Waals surface area (Å²) < 4.78 is 33.6. The quantitative estimate of drug-likeness (QED) is 0.553. The van der Waals surface area contributed by atoms with Gasteiger partial charge in [-0.3, -0.25) is 4.79 Å². The van der Waals surface area contributed by atoms with Crippen LogP contribution in [0.1, 0.15) is 30.0 Å². The lowest BCUT2D eigenvalue weighted by Gasteiger charge is -2.13. The molecule has 1 aliphatic carbocycles. The number of benzene rings is 2. The number of anilines is 1. The van der Waals surface area contributed by atoms with Crippen molar-refractivity contribution >= 4 is 23.6 Å². The number of rotatable bonds is 7. The summed E-state index contributed by atoms with van der Waals surface area (Å²) in [5.74, 6) is -1.08. The van der Waals surface area contributed by atoms with Gasteiger partial charge in [-0.2, -0.15) is 8.78 Å². The van der Waals surface area contributed by atoms with E-state index < -0.39 is 24.6 Å². The van der Waals surface area contributed by atoms with Crippen molar-refractivity contribution in [2.24, 2.45) is 0 Å². The molecule has 0 bridgehead atoms. The monoisotopic (exact) mass is 401 g/mol. The number of halogens is 2. The fourth-order valence-corrected chi connectivity index (χ4v) is 3.09. The minimum absolute atomic E-state index is 0.0246. The highest BCUT2D eigenvalue weighted by atomic mass is 19.3. The van der Waals surface area contributed by atoms with Crippen LogP contribution < -0.4 is 10.1 Å². The molecule has 1 N–H and O–H groups in total. The van der Waals surface area contributed by atoms with Crippen molar-refractivity contribution in [3.05, 3.63) is 65.2 Å². The summed E-state index contributed by atoms with van der Waals surface area (Å²) in [6.07, 6.45) is 4.84. The maximum Gasteiger partial charge on any atom is 0.387 e. The molecule has 0 saturated carbocycles. The average molecular weight is 401 g/mol. The highest BCUT2D eigenvalue weighted by molar-refractivity contribution is 5.96. The Labute approximate surface area is 167 Å². The fraction of sp³-hybridized carbons (Fsp3) is 0.273. The predicted octanol–water partition coefficient (Wildman–Crippen LogP) is 4.36. The number of alkyl halides is 2. The van der Waals surface area contributed by atoms with E-state index in [2.05, 4.69) is 10.1 Å². The van der Waals surface area contributed by atoms with E-state index in [1.807, 2.05) is 18.2 Å². The normalized spacial score (nSPS) is 13.9. The van der Waals surface area contributed by atoms with Gasteiger partial charge in [0.15, 0.2) is 6.10 Å². The van der Waals surface area contributed by atoms with Gasteiger partial charge in [-0.05, 0) is 73.2 Å². The number of aryl methyl sites for hydroxylation is 2. The van der Waals surface area contributed by atoms with Gasteiger partial charge in [-0.1, -0.05) is 18.2 Å². The zero-order chi connectivity index (χ0) is 20.8. The zero-order valence-corrected chi connectivity index (χ0v) is 15.9. The lowest BCUT2D eigenvalue weighted by molar-refractivity contribution is -0.148. The van der Waals surface area contributed by atoms with Crippen LogP contribution in [0, 0.1) is 0 Å². The standard InChI is InChI=1S/C22H21F2NO4/c1-14(21(27)25-18-9-8-16-3-2-4-17(16)13-18)28-20(26)12-7-15-5-10-19(11-6-15)29-22(23)24/h5-14,22H,2-4H2,1H3,(H,25,27)/b12-7+/t14-/m1/s1. The lowest BCUT2D eigenvalue weighted by atomic mass is 10.1. The molecule has 29 heavy (non-hydrogen) atoms. The van der Waals surface area contributed by atoms with E-state index in [-0.39, 0.29) is 5.75 Å². The second-order valence-corrected chi connectivity index (χ2v) is 6.69. The highest BCUT2D eigenvalue weighted by Gasteiger charge is 2.18. The van der Waals surface area contributed by atoms with Crippen molar-refractivity contribution < 1.29 is 27.8 Å². The van der Waals surface area contributed by atoms with Crippen molar-refractivity contribution in [1.82, 2.24) is 0 Å². The van der Waals surface area contributed by atoms with Gasteiger partial charge in [0.25, 0.3) is 5.91 Å². The van der Waals surface area contributed by atoms with Gasteiger partial charge in [0, 0.05) is 11.8 Å². The highest BCUT2D eigenvalue weighted by Crippen LogP contribution is 2.25. The number of carbonyl (C=O) groups excluding carboxylic acids is 2. The van der Waals surface area contributed by atoms with Crippen LogP contribution in [0.25, 0.3) is 6.08 Å². The molecule has 1 amide bonds. The molecule has 152 valence electrons. The Morgan fingerprint density at radius 2 is 1.79 bits per heavy atom. The first-order valence-electron chi connectivity index (χ1n) is 9.27. The number of nitrogens with one attached hydrogen (secondary N) is 1. The van der Waals surface area contributed by atoms with E-state index in [4.69, 9.17) is 4.74 Å². The third-order valence-electron chi connectivity index (χ3n) is 4.55. The summed E-state index contributed by atoms with van der Waals surface area (Å²) in [6.45, 7) is -1.40. The molecule has 2 aromatic carbocycles. The molecule has 2 aromatic rings. The third-order valence-corrected chi connectivity index (χ3v) is 4.55. The summed E-state index contributed by atoms with van der Waals surface area (Å²) in [4.78, 5) is 24.2. The molecule has 0 saturated heterocycles. The summed E-state index contributed by atoms with van der Waals surface area (Å²) >= 11 is 0. The molecule has 0 aromatic heterocycles. The smallest absolute Gasteiger partial charge is 0.387 e. The predicted molar refractivity (Wildman–Crippen MR) is 105 cm³/mol. The molecule has 0 heterocycles. The fourth-order valence-electron chi connectivity index (χ4n) is 3.09. The molecule has 0 spiro atoms. The van der Waals surface area contributed by atoms with E-state index in [9.17, 15) is 18.4 Å². The first-order chi connectivity index (χ1) is 13.9. The second kappa shape index (κ2) is 9.32. The van der Waals surface area contributed by atoms with E-state index in [1.54, 1.807) is 0 Å². The van der Waals surface area contributed by atoms with Crippen molar-refractivity contribution in [2.75, 3.05) is 5.32 Å². The summed E-state index contributed by atoms with van der Waals surface area (Å²) in [5, 5.41) is 2.76. The summed E-state index contributed by atoms with van der Waals surface area (Å²) in [7, 11) is 0. The van der Waals surface area contributed by atoms with Gasteiger partial charge in [-0.15, -0.1) is 0 Å². The van der Waals surface area contributed by atoms with Gasteiger partial charge < -0.3 is 14.8 Å². The zero-order valence-electron chi connectivity index (χ0n) is 15.9. The maximum absolute atomic E-state index is 12.3.